The zero-order valence-electron chi connectivity index (χ0n) is 13.3. The molecule has 2 amide bonds. The average molecular weight is 316 g/mol. The minimum atomic E-state index is -1.01. The third-order valence-electron chi connectivity index (χ3n) is 3.70. The molecule has 1 aromatic heterocycles. The molecule has 2 rings (SSSR count). The number of furan rings is 1. The van der Waals surface area contributed by atoms with Gasteiger partial charge in [-0.2, -0.15) is 0 Å². The standard InChI is InChI=1S/C17H20N2O4/c1-10-11(2)23-15(12-7-5-4-6-8-12)14(10)17(22)19-13(9-20)16(21)18-3/h4-8,13,20H,9H2,1-3H3,(H,18,21)(H,19,22)/t13-/m1/s1. The fourth-order valence-electron chi connectivity index (χ4n) is 2.29. The Morgan fingerprint density at radius 2 is 1.87 bits per heavy atom. The SMILES string of the molecule is CNC(=O)[C@@H](CO)NC(=O)c1c(-c2ccccc2)oc(C)c1C. The van der Waals surface area contributed by atoms with Crippen LogP contribution in [0, 0.1) is 13.8 Å². The van der Waals surface area contributed by atoms with Crippen LogP contribution < -0.4 is 10.6 Å². The Morgan fingerprint density at radius 3 is 2.43 bits per heavy atom. The van der Waals surface area contributed by atoms with Gasteiger partial charge in [-0.05, 0) is 13.8 Å². The van der Waals surface area contributed by atoms with Crippen LogP contribution >= 0.6 is 0 Å². The molecule has 0 saturated heterocycles. The number of amides is 2. The molecule has 6 nitrogen and oxygen atoms in total. The predicted molar refractivity (Wildman–Crippen MR) is 86.0 cm³/mol. The number of likely N-dealkylation sites (N-methyl/N-ethyl adjacent to an activating group) is 1. The van der Waals surface area contributed by atoms with E-state index in [0.717, 1.165) is 5.56 Å². The minimum Gasteiger partial charge on any atom is -0.460 e. The molecule has 2 aromatic rings. The molecule has 0 fully saturated rings. The van der Waals surface area contributed by atoms with E-state index in [4.69, 9.17) is 4.42 Å². The Balaban J connectivity index is 2.39. The van der Waals surface area contributed by atoms with E-state index in [1.54, 1.807) is 13.8 Å². The van der Waals surface area contributed by atoms with Gasteiger partial charge in [-0.25, -0.2) is 0 Å². The summed E-state index contributed by atoms with van der Waals surface area (Å²) < 4.78 is 5.73. The van der Waals surface area contributed by atoms with Crippen LogP contribution in [0.4, 0.5) is 0 Å². The number of rotatable bonds is 5. The fraction of sp³-hybridized carbons (Fsp3) is 0.294. The van der Waals surface area contributed by atoms with E-state index in [0.29, 0.717) is 22.6 Å². The lowest BCUT2D eigenvalue weighted by atomic mass is 10.0. The molecule has 1 aromatic carbocycles. The summed E-state index contributed by atoms with van der Waals surface area (Å²) in [6.45, 7) is 3.08. The number of benzene rings is 1. The van der Waals surface area contributed by atoms with Crippen LogP contribution in [0.3, 0.4) is 0 Å². The summed E-state index contributed by atoms with van der Waals surface area (Å²) in [5.41, 5.74) is 1.85. The second-order valence-electron chi connectivity index (χ2n) is 5.18. The quantitative estimate of drug-likeness (QED) is 0.777. The molecule has 1 atom stereocenters. The van der Waals surface area contributed by atoms with Crippen LogP contribution in [0.5, 0.6) is 0 Å². The first-order valence-electron chi connectivity index (χ1n) is 7.28. The van der Waals surface area contributed by atoms with Crippen molar-refractivity contribution in [2.45, 2.75) is 19.9 Å². The molecular weight excluding hydrogens is 296 g/mol. The highest BCUT2D eigenvalue weighted by Gasteiger charge is 2.26. The van der Waals surface area contributed by atoms with Crippen molar-refractivity contribution in [1.29, 1.82) is 0 Å². The van der Waals surface area contributed by atoms with Crippen LogP contribution in [0.2, 0.25) is 0 Å². The van der Waals surface area contributed by atoms with Crippen LogP contribution in [0.15, 0.2) is 34.7 Å². The lowest BCUT2D eigenvalue weighted by Gasteiger charge is -2.15. The number of aliphatic hydroxyl groups is 1. The van der Waals surface area contributed by atoms with Crippen molar-refractivity contribution in [3.05, 3.63) is 47.2 Å². The van der Waals surface area contributed by atoms with Crippen molar-refractivity contribution in [2.75, 3.05) is 13.7 Å². The minimum absolute atomic E-state index is 0.371. The van der Waals surface area contributed by atoms with Crippen LogP contribution in [0.25, 0.3) is 11.3 Å². The first-order chi connectivity index (χ1) is 11.0. The molecule has 1 heterocycles. The van der Waals surface area contributed by atoms with Gasteiger partial charge in [-0.15, -0.1) is 0 Å². The highest BCUT2D eigenvalue weighted by molar-refractivity contribution is 6.03. The maximum Gasteiger partial charge on any atom is 0.256 e. The lowest BCUT2D eigenvalue weighted by Crippen LogP contribution is -2.48. The molecular formula is C17H20N2O4. The summed E-state index contributed by atoms with van der Waals surface area (Å²) in [5, 5.41) is 14.2. The third-order valence-corrected chi connectivity index (χ3v) is 3.70. The van der Waals surface area contributed by atoms with Crippen molar-refractivity contribution in [3.63, 3.8) is 0 Å². The van der Waals surface area contributed by atoms with Gasteiger partial charge in [0.15, 0.2) is 0 Å². The molecule has 0 aliphatic carbocycles. The zero-order chi connectivity index (χ0) is 17.0. The van der Waals surface area contributed by atoms with Crippen LogP contribution in [-0.2, 0) is 4.79 Å². The van der Waals surface area contributed by atoms with E-state index >= 15 is 0 Å². The van der Waals surface area contributed by atoms with Gasteiger partial charge >= 0.3 is 0 Å². The summed E-state index contributed by atoms with van der Waals surface area (Å²) in [7, 11) is 1.44. The molecule has 0 aliphatic rings. The molecule has 6 heteroatoms. The summed E-state index contributed by atoms with van der Waals surface area (Å²) in [6.07, 6.45) is 0. The van der Waals surface area contributed by atoms with Gasteiger partial charge in [0.2, 0.25) is 5.91 Å². The van der Waals surface area contributed by atoms with E-state index in [1.165, 1.54) is 7.05 Å². The summed E-state index contributed by atoms with van der Waals surface area (Å²) in [6, 6.07) is 8.26. The van der Waals surface area contributed by atoms with E-state index in [1.807, 2.05) is 30.3 Å². The molecule has 0 spiro atoms. The van der Waals surface area contributed by atoms with Gasteiger partial charge < -0.3 is 20.2 Å². The molecule has 0 bridgehead atoms. The predicted octanol–water partition coefficient (Wildman–Crippen LogP) is 1.40. The van der Waals surface area contributed by atoms with Crippen molar-refractivity contribution in [1.82, 2.24) is 10.6 Å². The molecule has 0 saturated carbocycles. The van der Waals surface area contributed by atoms with E-state index in [-0.39, 0.29) is 0 Å². The number of hydrogen-bond donors (Lipinski definition) is 3. The van der Waals surface area contributed by atoms with Gasteiger partial charge in [0.25, 0.3) is 5.91 Å². The summed E-state index contributed by atoms with van der Waals surface area (Å²) in [4.78, 5) is 24.2. The molecule has 0 unspecified atom stereocenters. The van der Waals surface area contributed by atoms with Crippen molar-refractivity contribution in [2.24, 2.45) is 0 Å². The lowest BCUT2D eigenvalue weighted by molar-refractivity contribution is -0.123. The van der Waals surface area contributed by atoms with Crippen LogP contribution in [0.1, 0.15) is 21.7 Å². The first-order valence-corrected chi connectivity index (χ1v) is 7.28. The zero-order valence-corrected chi connectivity index (χ0v) is 13.3. The smallest absolute Gasteiger partial charge is 0.256 e. The van der Waals surface area contributed by atoms with Crippen molar-refractivity contribution in [3.8, 4) is 11.3 Å². The Morgan fingerprint density at radius 1 is 1.22 bits per heavy atom. The second-order valence-corrected chi connectivity index (χ2v) is 5.18. The Hall–Kier alpha value is -2.60. The number of aryl methyl sites for hydroxylation is 1. The van der Waals surface area contributed by atoms with E-state index in [9.17, 15) is 14.7 Å². The summed E-state index contributed by atoms with van der Waals surface area (Å²) in [5.74, 6) is 0.169. The maximum absolute atomic E-state index is 12.6. The number of carbonyl (C=O) groups is 2. The molecule has 0 aliphatic heterocycles. The average Bonchev–Trinajstić information content (AvgIpc) is 2.88. The van der Waals surface area contributed by atoms with Crippen molar-refractivity contribution >= 4 is 11.8 Å². The first kappa shape index (κ1) is 16.8. The van der Waals surface area contributed by atoms with E-state index in [2.05, 4.69) is 10.6 Å². The number of carbonyl (C=O) groups excluding carboxylic acids is 2. The monoisotopic (exact) mass is 316 g/mol. The number of aliphatic hydroxyl groups excluding tert-OH is 1. The van der Waals surface area contributed by atoms with Crippen molar-refractivity contribution < 1.29 is 19.1 Å². The number of hydrogen-bond acceptors (Lipinski definition) is 4. The molecule has 122 valence electrons. The largest absolute Gasteiger partial charge is 0.460 e. The van der Waals surface area contributed by atoms with Gasteiger partial charge in [-0.3, -0.25) is 9.59 Å². The number of nitrogens with one attached hydrogen (secondary N) is 2. The van der Waals surface area contributed by atoms with Gasteiger partial charge in [0, 0.05) is 18.2 Å². The molecule has 23 heavy (non-hydrogen) atoms. The van der Waals surface area contributed by atoms with Gasteiger partial charge in [0.1, 0.15) is 17.6 Å². The Bertz CT molecular complexity index is 707. The van der Waals surface area contributed by atoms with Gasteiger partial charge in [0.05, 0.1) is 12.2 Å². The summed E-state index contributed by atoms with van der Waals surface area (Å²) >= 11 is 0. The molecule has 0 radical (unpaired) electrons. The maximum atomic E-state index is 12.6. The highest BCUT2D eigenvalue weighted by atomic mass is 16.3. The fourth-order valence-corrected chi connectivity index (χ4v) is 2.29. The Labute approximate surface area is 134 Å². The Kier molecular flexibility index (Phi) is 5.18. The highest BCUT2D eigenvalue weighted by Crippen LogP contribution is 2.30. The molecule has 3 N–H and O–H groups in total. The third kappa shape index (κ3) is 3.43. The topological polar surface area (TPSA) is 91.6 Å². The van der Waals surface area contributed by atoms with Gasteiger partial charge in [-0.1, -0.05) is 30.3 Å². The van der Waals surface area contributed by atoms with E-state index < -0.39 is 24.5 Å². The second kappa shape index (κ2) is 7.11. The normalized spacial score (nSPS) is 11.8. The van der Waals surface area contributed by atoms with Crippen LogP contribution in [-0.4, -0.2) is 36.6 Å².